The van der Waals surface area contributed by atoms with Crippen LogP contribution in [-0.2, 0) is 6.54 Å². The van der Waals surface area contributed by atoms with Crippen LogP contribution in [0.1, 0.15) is 26.2 Å². The number of nitrogens with zero attached hydrogens (tertiary/aromatic N) is 4. The standard InChI is InChI=1S/C11H15IN6/c1-11(3-2-4-11)5-18-9-6(7(12)17-18)8(13)15-10(14)16-9/h2-5H2,1H3,(H4,13,14,15,16). The van der Waals surface area contributed by atoms with Crippen molar-refractivity contribution in [3.63, 3.8) is 0 Å². The largest absolute Gasteiger partial charge is 0.383 e. The third-order valence-electron chi connectivity index (χ3n) is 3.69. The minimum absolute atomic E-state index is 0.205. The van der Waals surface area contributed by atoms with E-state index in [1.165, 1.54) is 19.3 Å². The van der Waals surface area contributed by atoms with Crippen molar-refractivity contribution in [2.24, 2.45) is 5.41 Å². The number of hydrogen-bond donors (Lipinski definition) is 2. The van der Waals surface area contributed by atoms with Gasteiger partial charge in [0.25, 0.3) is 0 Å². The van der Waals surface area contributed by atoms with Crippen LogP contribution in [0.4, 0.5) is 11.8 Å². The lowest BCUT2D eigenvalue weighted by atomic mass is 9.70. The fourth-order valence-corrected chi connectivity index (χ4v) is 3.26. The quantitative estimate of drug-likeness (QED) is 0.798. The highest BCUT2D eigenvalue weighted by Crippen LogP contribution is 2.42. The van der Waals surface area contributed by atoms with Crippen LogP contribution >= 0.6 is 22.6 Å². The topological polar surface area (TPSA) is 95.6 Å². The molecule has 0 bridgehead atoms. The van der Waals surface area contributed by atoms with Gasteiger partial charge in [-0.05, 0) is 40.8 Å². The highest BCUT2D eigenvalue weighted by Gasteiger charge is 2.33. The molecule has 2 aromatic rings. The molecule has 0 aromatic carbocycles. The average Bonchev–Trinajstić information content (AvgIpc) is 2.53. The molecule has 3 rings (SSSR count). The molecule has 0 saturated heterocycles. The smallest absolute Gasteiger partial charge is 0.224 e. The second-order valence-electron chi connectivity index (χ2n) is 5.28. The Morgan fingerprint density at radius 3 is 2.67 bits per heavy atom. The van der Waals surface area contributed by atoms with Gasteiger partial charge in [0.2, 0.25) is 5.95 Å². The van der Waals surface area contributed by atoms with Gasteiger partial charge in [0.15, 0.2) is 5.65 Å². The van der Waals surface area contributed by atoms with Gasteiger partial charge in [-0.2, -0.15) is 15.1 Å². The molecule has 4 N–H and O–H groups in total. The fraction of sp³-hybridized carbons (Fsp3) is 0.545. The Bertz CT molecular complexity index is 616. The summed E-state index contributed by atoms with van der Waals surface area (Å²) in [7, 11) is 0. The van der Waals surface area contributed by atoms with Crippen LogP contribution in [0.15, 0.2) is 0 Å². The number of anilines is 2. The van der Waals surface area contributed by atoms with Crippen LogP contribution in [0.5, 0.6) is 0 Å². The predicted octanol–water partition coefficient (Wildman–Crippen LogP) is 1.79. The van der Waals surface area contributed by atoms with Gasteiger partial charge in [-0.1, -0.05) is 13.3 Å². The molecule has 1 aliphatic carbocycles. The first-order valence-corrected chi connectivity index (χ1v) is 7.01. The number of nitrogen functional groups attached to an aromatic ring is 2. The molecular formula is C11H15IN6. The van der Waals surface area contributed by atoms with E-state index in [1.54, 1.807) is 0 Å². The molecule has 7 heteroatoms. The molecule has 0 spiro atoms. The first-order valence-electron chi connectivity index (χ1n) is 5.93. The zero-order valence-electron chi connectivity index (χ0n) is 10.1. The van der Waals surface area contributed by atoms with E-state index in [4.69, 9.17) is 11.5 Å². The summed E-state index contributed by atoms with van der Waals surface area (Å²) < 4.78 is 2.76. The molecule has 6 nitrogen and oxygen atoms in total. The number of rotatable bonds is 2. The maximum Gasteiger partial charge on any atom is 0.224 e. The van der Waals surface area contributed by atoms with Crippen LogP contribution in [-0.4, -0.2) is 19.7 Å². The van der Waals surface area contributed by atoms with Gasteiger partial charge >= 0.3 is 0 Å². The van der Waals surface area contributed by atoms with Crippen molar-refractivity contribution in [1.29, 1.82) is 0 Å². The Morgan fingerprint density at radius 1 is 1.33 bits per heavy atom. The van der Waals surface area contributed by atoms with E-state index < -0.39 is 0 Å². The van der Waals surface area contributed by atoms with Crippen molar-refractivity contribution < 1.29 is 0 Å². The summed E-state index contributed by atoms with van der Waals surface area (Å²) in [6.07, 6.45) is 3.77. The monoisotopic (exact) mass is 358 g/mol. The summed E-state index contributed by atoms with van der Waals surface area (Å²) in [6, 6.07) is 0. The second-order valence-corrected chi connectivity index (χ2v) is 6.30. The first-order chi connectivity index (χ1) is 8.48. The van der Waals surface area contributed by atoms with E-state index >= 15 is 0 Å². The summed E-state index contributed by atoms with van der Waals surface area (Å²) in [5, 5.41) is 5.34. The number of halogens is 1. The van der Waals surface area contributed by atoms with Crippen molar-refractivity contribution in [3.8, 4) is 0 Å². The van der Waals surface area contributed by atoms with E-state index in [0.717, 1.165) is 21.3 Å². The van der Waals surface area contributed by atoms with Crippen molar-refractivity contribution in [1.82, 2.24) is 19.7 Å². The number of fused-ring (bicyclic) bond motifs is 1. The maximum atomic E-state index is 5.89. The number of nitrogens with two attached hydrogens (primary N) is 2. The first kappa shape index (κ1) is 11.9. The van der Waals surface area contributed by atoms with Gasteiger partial charge < -0.3 is 11.5 Å². The molecule has 2 aromatic heterocycles. The molecule has 1 aliphatic rings. The minimum Gasteiger partial charge on any atom is -0.383 e. The molecule has 0 atom stereocenters. The van der Waals surface area contributed by atoms with Gasteiger partial charge in [-0.25, -0.2) is 4.68 Å². The molecular weight excluding hydrogens is 343 g/mol. The normalized spacial score (nSPS) is 17.9. The summed E-state index contributed by atoms with van der Waals surface area (Å²) in [5.74, 6) is 0.614. The van der Waals surface area contributed by atoms with E-state index in [1.807, 2.05) is 4.68 Å². The molecule has 18 heavy (non-hydrogen) atoms. The summed E-state index contributed by atoms with van der Waals surface area (Å²) >= 11 is 2.17. The summed E-state index contributed by atoms with van der Waals surface area (Å²) in [6.45, 7) is 3.15. The van der Waals surface area contributed by atoms with Gasteiger partial charge in [-0.3, -0.25) is 0 Å². The van der Waals surface area contributed by atoms with E-state index in [-0.39, 0.29) is 5.95 Å². The molecule has 1 saturated carbocycles. The highest BCUT2D eigenvalue weighted by molar-refractivity contribution is 14.1. The van der Waals surface area contributed by atoms with Crippen molar-refractivity contribution in [3.05, 3.63) is 3.70 Å². The average molecular weight is 358 g/mol. The van der Waals surface area contributed by atoms with Crippen molar-refractivity contribution in [2.45, 2.75) is 32.7 Å². The molecule has 0 amide bonds. The zero-order chi connectivity index (χ0) is 12.9. The zero-order valence-corrected chi connectivity index (χ0v) is 12.3. The number of aromatic nitrogens is 4. The molecule has 1 fully saturated rings. The second kappa shape index (κ2) is 3.94. The van der Waals surface area contributed by atoms with Crippen LogP contribution in [0.2, 0.25) is 0 Å². The minimum atomic E-state index is 0.205. The van der Waals surface area contributed by atoms with Gasteiger partial charge in [-0.15, -0.1) is 0 Å². The maximum absolute atomic E-state index is 5.89. The molecule has 0 aliphatic heterocycles. The Labute approximate surface area is 118 Å². The van der Waals surface area contributed by atoms with E-state index in [9.17, 15) is 0 Å². The van der Waals surface area contributed by atoms with Crippen molar-refractivity contribution >= 4 is 45.4 Å². The highest BCUT2D eigenvalue weighted by atomic mass is 127. The SMILES string of the molecule is CC1(Cn2nc(I)c3c(N)nc(N)nc32)CCC1. The van der Waals surface area contributed by atoms with Crippen LogP contribution in [0.25, 0.3) is 11.0 Å². The molecule has 0 radical (unpaired) electrons. The molecule has 0 unspecified atom stereocenters. The lowest BCUT2D eigenvalue weighted by Crippen LogP contribution is -2.31. The Kier molecular flexibility index (Phi) is 2.61. The third kappa shape index (κ3) is 1.80. The van der Waals surface area contributed by atoms with Crippen LogP contribution in [0, 0.1) is 9.12 Å². The van der Waals surface area contributed by atoms with E-state index in [2.05, 4.69) is 44.6 Å². The van der Waals surface area contributed by atoms with Crippen molar-refractivity contribution in [2.75, 3.05) is 11.5 Å². The van der Waals surface area contributed by atoms with E-state index in [0.29, 0.717) is 11.2 Å². The van der Waals surface area contributed by atoms with Gasteiger partial charge in [0.05, 0.1) is 5.39 Å². The Morgan fingerprint density at radius 2 is 2.06 bits per heavy atom. The third-order valence-corrected chi connectivity index (χ3v) is 4.44. The summed E-state index contributed by atoms with van der Waals surface area (Å²) in [5.41, 5.74) is 12.6. The number of hydrogen-bond acceptors (Lipinski definition) is 5. The Hall–Kier alpha value is -1.12. The molecule has 96 valence electrons. The fourth-order valence-electron chi connectivity index (χ4n) is 2.48. The predicted molar refractivity (Wildman–Crippen MR) is 78.8 cm³/mol. The van der Waals surface area contributed by atoms with Crippen LogP contribution < -0.4 is 11.5 Å². The van der Waals surface area contributed by atoms with Crippen LogP contribution in [0.3, 0.4) is 0 Å². The van der Waals surface area contributed by atoms with Gasteiger partial charge in [0, 0.05) is 6.54 Å². The molecule has 2 heterocycles. The lowest BCUT2D eigenvalue weighted by molar-refractivity contribution is 0.127. The summed E-state index contributed by atoms with van der Waals surface area (Å²) in [4.78, 5) is 8.28. The Balaban J connectivity index is 2.12. The lowest BCUT2D eigenvalue weighted by Gasteiger charge is -2.38. The van der Waals surface area contributed by atoms with Gasteiger partial charge in [0.1, 0.15) is 9.52 Å².